The Morgan fingerprint density at radius 2 is 1.87 bits per heavy atom. The van der Waals surface area contributed by atoms with Gasteiger partial charge in [-0.05, 0) is 43.3 Å². The summed E-state index contributed by atoms with van der Waals surface area (Å²) in [5, 5.41) is 14.3. The molecule has 2 aromatic carbocycles. The molecule has 160 valence electrons. The number of anilines is 2. The highest BCUT2D eigenvalue weighted by Crippen LogP contribution is 2.33. The molecule has 1 N–H and O–H groups in total. The summed E-state index contributed by atoms with van der Waals surface area (Å²) in [6, 6.07) is 10.0. The predicted octanol–water partition coefficient (Wildman–Crippen LogP) is 3.11. The molecule has 1 aliphatic heterocycles. The molecule has 3 rings (SSSR count). The highest BCUT2D eigenvalue weighted by molar-refractivity contribution is 7.89. The zero-order chi connectivity index (χ0) is 22.1. The number of hydrogen-bond acceptors (Lipinski definition) is 6. The zero-order valence-electron chi connectivity index (χ0n) is 16.4. The third-order valence-electron chi connectivity index (χ3n) is 4.82. The molecule has 0 radical (unpaired) electrons. The monoisotopic (exact) mass is 452 g/mol. The number of nitrogens with zero attached hydrogens (tertiary/aromatic N) is 3. The Bertz CT molecular complexity index is 1070. The summed E-state index contributed by atoms with van der Waals surface area (Å²) >= 11 is 5.88. The Morgan fingerprint density at radius 3 is 2.43 bits per heavy atom. The number of hydrogen-bond donors (Lipinski definition) is 1. The van der Waals surface area contributed by atoms with E-state index in [2.05, 4.69) is 5.32 Å². The summed E-state index contributed by atoms with van der Waals surface area (Å²) in [5.74, 6) is -0.244. The number of piperazine rings is 1. The Morgan fingerprint density at radius 1 is 1.20 bits per heavy atom. The van der Waals surface area contributed by atoms with Gasteiger partial charge in [-0.25, -0.2) is 8.42 Å². The minimum Gasteiger partial charge on any atom is -0.363 e. The Labute approximate surface area is 179 Å². The number of halogens is 1. The van der Waals surface area contributed by atoms with E-state index in [1.165, 1.54) is 41.6 Å². The van der Waals surface area contributed by atoms with Gasteiger partial charge < -0.3 is 10.2 Å². The maximum absolute atomic E-state index is 13.1. The molecule has 0 unspecified atom stereocenters. The van der Waals surface area contributed by atoms with Crippen molar-refractivity contribution >= 4 is 44.6 Å². The van der Waals surface area contributed by atoms with Crippen molar-refractivity contribution in [2.24, 2.45) is 0 Å². The fraction of sp³-hybridized carbons (Fsp3) is 0.316. The van der Waals surface area contributed by atoms with Gasteiger partial charge in [0.1, 0.15) is 5.69 Å². The first-order valence-electron chi connectivity index (χ1n) is 9.18. The second kappa shape index (κ2) is 8.58. The van der Waals surface area contributed by atoms with E-state index in [0.29, 0.717) is 24.5 Å². The second-order valence-corrected chi connectivity index (χ2v) is 9.33. The molecule has 1 saturated heterocycles. The van der Waals surface area contributed by atoms with E-state index in [4.69, 9.17) is 11.6 Å². The van der Waals surface area contributed by atoms with Crippen LogP contribution in [0.5, 0.6) is 0 Å². The quantitative estimate of drug-likeness (QED) is 0.551. The third kappa shape index (κ3) is 4.55. The summed E-state index contributed by atoms with van der Waals surface area (Å²) < 4.78 is 27.6. The van der Waals surface area contributed by atoms with Crippen LogP contribution in [0.15, 0.2) is 47.4 Å². The Hall–Kier alpha value is -2.69. The van der Waals surface area contributed by atoms with Gasteiger partial charge >= 0.3 is 0 Å². The first-order chi connectivity index (χ1) is 14.1. The molecule has 0 spiro atoms. The Balaban J connectivity index is 1.80. The molecule has 1 heterocycles. The van der Waals surface area contributed by atoms with Crippen molar-refractivity contribution in [2.75, 3.05) is 29.9 Å². The number of carbonyl (C=O) groups is 1. The van der Waals surface area contributed by atoms with E-state index in [1.807, 2.05) is 0 Å². The second-order valence-electron chi connectivity index (χ2n) is 7.01. The van der Waals surface area contributed by atoms with Gasteiger partial charge in [-0.1, -0.05) is 11.6 Å². The van der Waals surface area contributed by atoms with Gasteiger partial charge in [0.25, 0.3) is 5.69 Å². The SMILES string of the molecule is CC(=O)Nc1ccc(S(=O)(=O)N2CCN(c3ccc(Cl)cc3[N+](=O)[O-])C[C@@H]2C)cc1. The lowest BCUT2D eigenvalue weighted by molar-refractivity contribution is -0.384. The highest BCUT2D eigenvalue weighted by atomic mass is 35.5. The van der Waals surface area contributed by atoms with Crippen LogP contribution >= 0.6 is 11.6 Å². The van der Waals surface area contributed by atoms with Gasteiger partial charge in [-0.3, -0.25) is 14.9 Å². The average molecular weight is 453 g/mol. The predicted molar refractivity (Wildman–Crippen MR) is 114 cm³/mol. The van der Waals surface area contributed by atoms with E-state index < -0.39 is 21.0 Å². The van der Waals surface area contributed by atoms with Crippen LogP contribution in [-0.2, 0) is 14.8 Å². The van der Waals surface area contributed by atoms with Crippen molar-refractivity contribution in [3.05, 3.63) is 57.6 Å². The number of amides is 1. The minimum atomic E-state index is -3.76. The summed E-state index contributed by atoms with van der Waals surface area (Å²) in [5.41, 5.74) is 0.807. The normalized spacial score (nSPS) is 17.6. The van der Waals surface area contributed by atoms with E-state index >= 15 is 0 Å². The largest absolute Gasteiger partial charge is 0.363 e. The lowest BCUT2D eigenvalue weighted by Gasteiger charge is -2.39. The maximum Gasteiger partial charge on any atom is 0.294 e. The number of sulfonamides is 1. The van der Waals surface area contributed by atoms with Crippen molar-refractivity contribution in [1.29, 1.82) is 0 Å². The van der Waals surface area contributed by atoms with Gasteiger partial charge in [0, 0.05) is 49.4 Å². The van der Waals surface area contributed by atoms with Crippen molar-refractivity contribution in [3.63, 3.8) is 0 Å². The summed E-state index contributed by atoms with van der Waals surface area (Å²) in [6.45, 7) is 3.91. The molecule has 0 saturated carbocycles. The van der Waals surface area contributed by atoms with Crippen LogP contribution in [0.25, 0.3) is 0 Å². The van der Waals surface area contributed by atoms with Gasteiger partial charge in [0.05, 0.1) is 9.82 Å². The zero-order valence-corrected chi connectivity index (χ0v) is 18.0. The molecule has 1 fully saturated rings. The van der Waals surface area contributed by atoms with Crippen LogP contribution in [0.3, 0.4) is 0 Å². The van der Waals surface area contributed by atoms with Crippen molar-refractivity contribution < 1.29 is 18.1 Å². The topological polar surface area (TPSA) is 113 Å². The minimum absolute atomic E-state index is 0.112. The molecule has 30 heavy (non-hydrogen) atoms. The summed E-state index contributed by atoms with van der Waals surface area (Å²) in [7, 11) is -3.76. The molecule has 1 amide bonds. The van der Waals surface area contributed by atoms with Crippen LogP contribution in [0.1, 0.15) is 13.8 Å². The van der Waals surface area contributed by atoms with Crippen LogP contribution in [-0.4, -0.2) is 49.2 Å². The summed E-state index contributed by atoms with van der Waals surface area (Å²) in [4.78, 5) is 23.9. The van der Waals surface area contributed by atoms with Gasteiger partial charge in [0.2, 0.25) is 15.9 Å². The van der Waals surface area contributed by atoms with Crippen LogP contribution < -0.4 is 10.2 Å². The van der Waals surface area contributed by atoms with Crippen LogP contribution in [0.2, 0.25) is 5.02 Å². The summed E-state index contributed by atoms with van der Waals surface area (Å²) in [6.07, 6.45) is 0. The highest BCUT2D eigenvalue weighted by Gasteiger charge is 2.35. The molecule has 0 bridgehead atoms. The Kier molecular flexibility index (Phi) is 6.30. The molecule has 0 aliphatic carbocycles. The lowest BCUT2D eigenvalue weighted by Crippen LogP contribution is -2.54. The van der Waals surface area contributed by atoms with E-state index in [9.17, 15) is 23.3 Å². The number of nitro groups is 1. The van der Waals surface area contributed by atoms with E-state index in [0.717, 1.165) is 0 Å². The van der Waals surface area contributed by atoms with Crippen molar-refractivity contribution in [1.82, 2.24) is 4.31 Å². The van der Waals surface area contributed by atoms with Gasteiger partial charge in [-0.15, -0.1) is 0 Å². The number of rotatable bonds is 5. The number of carbonyl (C=O) groups excluding carboxylic acids is 1. The fourth-order valence-electron chi connectivity index (χ4n) is 3.48. The average Bonchev–Trinajstić information content (AvgIpc) is 2.67. The van der Waals surface area contributed by atoms with Crippen LogP contribution in [0.4, 0.5) is 17.1 Å². The van der Waals surface area contributed by atoms with E-state index in [-0.39, 0.29) is 28.1 Å². The molecular weight excluding hydrogens is 432 g/mol. The standard InChI is InChI=1S/C19H21ClN4O5S/c1-13-12-22(18-8-3-15(20)11-19(18)24(26)27)9-10-23(13)30(28,29)17-6-4-16(5-7-17)21-14(2)25/h3-8,11,13H,9-10,12H2,1-2H3,(H,21,25)/t13-/m0/s1. The fourth-order valence-corrected chi connectivity index (χ4v) is 5.26. The first-order valence-corrected chi connectivity index (χ1v) is 11.0. The third-order valence-corrected chi connectivity index (χ3v) is 7.09. The van der Waals surface area contributed by atoms with E-state index in [1.54, 1.807) is 24.0 Å². The molecule has 11 heteroatoms. The van der Waals surface area contributed by atoms with Gasteiger partial charge in [-0.2, -0.15) is 4.31 Å². The van der Waals surface area contributed by atoms with Gasteiger partial charge in [0.15, 0.2) is 0 Å². The first kappa shape index (κ1) is 22.0. The van der Waals surface area contributed by atoms with Crippen molar-refractivity contribution in [3.8, 4) is 0 Å². The number of nitro benzene ring substituents is 1. The number of nitrogens with one attached hydrogen (secondary N) is 1. The molecule has 1 atom stereocenters. The molecular formula is C19H21ClN4O5S. The van der Waals surface area contributed by atoms with Crippen LogP contribution in [0, 0.1) is 10.1 Å². The smallest absolute Gasteiger partial charge is 0.294 e. The molecule has 1 aliphatic rings. The molecule has 2 aromatic rings. The molecule has 9 nitrogen and oxygen atoms in total. The lowest BCUT2D eigenvalue weighted by atomic mass is 10.2. The van der Waals surface area contributed by atoms with Crippen molar-refractivity contribution in [2.45, 2.75) is 24.8 Å². The maximum atomic E-state index is 13.1. The number of benzene rings is 2. The molecule has 0 aromatic heterocycles.